The first kappa shape index (κ1) is 17.8. The standard InChI is InChI=1S/C17H20N2O4S/c1-11-6-5-7-12(2)17(11)19-24(21,22)16-10-14(18-13(3)20)8-9-15(16)23-4/h5-10,19H,1-4H3,(H,18,20). The van der Waals surface area contributed by atoms with Gasteiger partial charge in [-0.05, 0) is 43.2 Å². The summed E-state index contributed by atoms with van der Waals surface area (Å²) >= 11 is 0. The molecular formula is C17H20N2O4S. The number of hydrogen-bond acceptors (Lipinski definition) is 4. The molecule has 0 saturated heterocycles. The minimum atomic E-state index is -3.89. The number of para-hydroxylation sites is 1. The molecule has 2 N–H and O–H groups in total. The Hall–Kier alpha value is -2.54. The van der Waals surface area contributed by atoms with E-state index in [0.29, 0.717) is 11.4 Å². The molecule has 0 bridgehead atoms. The third-order valence-electron chi connectivity index (χ3n) is 3.49. The lowest BCUT2D eigenvalue weighted by Gasteiger charge is -2.16. The van der Waals surface area contributed by atoms with Crippen molar-refractivity contribution < 1.29 is 17.9 Å². The highest BCUT2D eigenvalue weighted by molar-refractivity contribution is 7.92. The summed E-state index contributed by atoms with van der Waals surface area (Å²) in [6.07, 6.45) is 0. The van der Waals surface area contributed by atoms with Crippen molar-refractivity contribution in [1.82, 2.24) is 0 Å². The van der Waals surface area contributed by atoms with Crippen molar-refractivity contribution in [3.63, 3.8) is 0 Å². The zero-order valence-electron chi connectivity index (χ0n) is 14.0. The maximum absolute atomic E-state index is 12.8. The second-order valence-electron chi connectivity index (χ2n) is 5.42. The van der Waals surface area contributed by atoms with Crippen LogP contribution in [0.15, 0.2) is 41.3 Å². The molecular weight excluding hydrogens is 328 g/mol. The molecule has 0 unspecified atom stereocenters. The molecule has 1 amide bonds. The van der Waals surface area contributed by atoms with E-state index in [-0.39, 0.29) is 16.6 Å². The van der Waals surface area contributed by atoms with E-state index in [1.165, 1.54) is 26.2 Å². The smallest absolute Gasteiger partial charge is 0.265 e. The van der Waals surface area contributed by atoms with Gasteiger partial charge in [0, 0.05) is 12.6 Å². The van der Waals surface area contributed by atoms with Gasteiger partial charge in [-0.1, -0.05) is 18.2 Å². The first-order valence-corrected chi connectivity index (χ1v) is 8.77. The fourth-order valence-corrected chi connectivity index (χ4v) is 3.73. The summed E-state index contributed by atoms with van der Waals surface area (Å²) in [5.74, 6) is -0.0888. The molecule has 2 aromatic rings. The molecule has 6 nitrogen and oxygen atoms in total. The fraction of sp³-hybridized carbons (Fsp3) is 0.235. The third kappa shape index (κ3) is 3.86. The number of carbonyl (C=O) groups is 1. The van der Waals surface area contributed by atoms with E-state index >= 15 is 0 Å². The SMILES string of the molecule is COc1ccc(NC(C)=O)cc1S(=O)(=O)Nc1c(C)cccc1C. The van der Waals surface area contributed by atoms with Gasteiger partial charge in [-0.25, -0.2) is 8.42 Å². The summed E-state index contributed by atoms with van der Waals surface area (Å²) in [6.45, 7) is 5.01. The summed E-state index contributed by atoms with van der Waals surface area (Å²) in [5, 5.41) is 2.57. The van der Waals surface area contributed by atoms with Crippen molar-refractivity contribution in [3.8, 4) is 5.75 Å². The first-order chi connectivity index (χ1) is 11.2. The maximum atomic E-state index is 12.8. The van der Waals surface area contributed by atoms with Crippen LogP contribution in [0.4, 0.5) is 11.4 Å². The van der Waals surface area contributed by atoms with Crippen LogP contribution >= 0.6 is 0 Å². The quantitative estimate of drug-likeness (QED) is 0.870. The number of methoxy groups -OCH3 is 1. The summed E-state index contributed by atoms with van der Waals surface area (Å²) in [5.41, 5.74) is 2.54. The van der Waals surface area contributed by atoms with Crippen molar-refractivity contribution in [2.24, 2.45) is 0 Å². The van der Waals surface area contributed by atoms with Crippen molar-refractivity contribution in [3.05, 3.63) is 47.5 Å². The van der Waals surface area contributed by atoms with E-state index in [2.05, 4.69) is 10.0 Å². The number of carbonyl (C=O) groups excluding carboxylic acids is 1. The lowest BCUT2D eigenvalue weighted by molar-refractivity contribution is -0.114. The van der Waals surface area contributed by atoms with Gasteiger partial charge in [0.25, 0.3) is 10.0 Å². The number of benzene rings is 2. The zero-order chi connectivity index (χ0) is 17.9. The molecule has 0 aliphatic rings. The van der Waals surface area contributed by atoms with Crippen LogP contribution < -0.4 is 14.8 Å². The Bertz CT molecular complexity index is 856. The number of anilines is 2. The minimum absolute atomic E-state index is 0.0427. The molecule has 0 spiro atoms. The van der Waals surface area contributed by atoms with Crippen molar-refractivity contribution in [2.45, 2.75) is 25.7 Å². The van der Waals surface area contributed by atoms with Gasteiger partial charge in [0.2, 0.25) is 5.91 Å². The van der Waals surface area contributed by atoms with E-state index in [9.17, 15) is 13.2 Å². The monoisotopic (exact) mass is 348 g/mol. The molecule has 0 aliphatic carbocycles. The van der Waals surface area contributed by atoms with Gasteiger partial charge in [0.1, 0.15) is 10.6 Å². The van der Waals surface area contributed by atoms with Gasteiger partial charge in [0.05, 0.1) is 12.8 Å². The number of hydrogen-bond donors (Lipinski definition) is 2. The molecule has 0 aliphatic heterocycles. The van der Waals surface area contributed by atoms with E-state index in [1.54, 1.807) is 6.07 Å². The number of sulfonamides is 1. The highest BCUT2D eigenvalue weighted by atomic mass is 32.2. The van der Waals surface area contributed by atoms with Crippen LogP contribution in [-0.4, -0.2) is 21.4 Å². The van der Waals surface area contributed by atoms with Gasteiger partial charge in [-0.15, -0.1) is 0 Å². The number of ether oxygens (including phenoxy) is 1. The molecule has 24 heavy (non-hydrogen) atoms. The number of nitrogens with one attached hydrogen (secondary N) is 2. The predicted octanol–water partition coefficient (Wildman–Crippen LogP) is 3.07. The van der Waals surface area contributed by atoms with Gasteiger partial charge in [-0.3, -0.25) is 9.52 Å². The summed E-state index contributed by atoms with van der Waals surface area (Å²) in [6, 6.07) is 9.98. The predicted molar refractivity (Wildman–Crippen MR) is 94.0 cm³/mol. The van der Waals surface area contributed by atoms with Crippen LogP contribution in [0.5, 0.6) is 5.75 Å². The Kier molecular flexibility index (Phi) is 5.14. The average molecular weight is 348 g/mol. The zero-order valence-corrected chi connectivity index (χ0v) is 14.8. The van der Waals surface area contributed by atoms with Crippen molar-refractivity contribution in [1.29, 1.82) is 0 Å². The Labute approximate surface area is 141 Å². The largest absolute Gasteiger partial charge is 0.495 e. The van der Waals surface area contributed by atoms with Gasteiger partial charge < -0.3 is 10.1 Å². The van der Waals surface area contributed by atoms with E-state index in [1.807, 2.05) is 32.0 Å². The Morgan fingerprint density at radius 3 is 2.25 bits per heavy atom. The second kappa shape index (κ2) is 6.92. The Balaban J connectivity index is 2.50. The summed E-state index contributed by atoms with van der Waals surface area (Å²) in [4.78, 5) is 11.2. The summed E-state index contributed by atoms with van der Waals surface area (Å²) < 4.78 is 33.4. The molecule has 2 rings (SSSR count). The molecule has 0 radical (unpaired) electrons. The third-order valence-corrected chi connectivity index (χ3v) is 4.86. The molecule has 0 saturated carbocycles. The van der Waals surface area contributed by atoms with Gasteiger partial charge in [-0.2, -0.15) is 0 Å². The van der Waals surface area contributed by atoms with E-state index in [0.717, 1.165) is 11.1 Å². The van der Waals surface area contributed by atoms with E-state index in [4.69, 9.17) is 4.74 Å². The van der Waals surface area contributed by atoms with Crippen LogP contribution in [0, 0.1) is 13.8 Å². The average Bonchev–Trinajstić information content (AvgIpc) is 2.50. The molecule has 2 aromatic carbocycles. The highest BCUT2D eigenvalue weighted by Crippen LogP contribution is 2.30. The van der Waals surface area contributed by atoms with Crippen molar-refractivity contribution >= 4 is 27.3 Å². The lowest BCUT2D eigenvalue weighted by atomic mass is 10.1. The first-order valence-electron chi connectivity index (χ1n) is 7.29. The molecule has 7 heteroatoms. The van der Waals surface area contributed by atoms with Crippen LogP contribution in [-0.2, 0) is 14.8 Å². The maximum Gasteiger partial charge on any atom is 0.265 e. The highest BCUT2D eigenvalue weighted by Gasteiger charge is 2.22. The Morgan fingerprint density at radius 1 is 1.08 bits per heavy atom. The second-order valence-corrected chi connectivity index (χ2v) is 7.07. The van der Waals surface area contributed by atoms with Gasteiger partial charge >= 0.3 is 0 Å². The lowest BCUT2D eigenvalue weighted by Crippen LogP contribution is -2.16. The molecule has 0 atom stereocenters. The van der Waals surface area contributed by atoms with Crippen LogP contribution in [0.25, 0.3) is 0 Å². The van der Waals surface area contributed by atoms with Crippen molar-refractivity contribution in [2.75, 3.05) is 17.1 Å². The van der Waals surface area contributed by atoms with E-state index < -0.39 is 10.0 Å². The van der Waals surface area contributed by atoms with Crippen LogP contribution in [0.1, 0.15) is 18.1 Å². The molecule has 128 valence electrons. The normalized spacial score (nSPS) is 11.0. The molecule has 0 aromatic heterocycles. The topological polar surface area (TPSA) is 84.5 Å². The minimum Gasteiger partial charge on any atom is -0.495 e. The molecule has 0 fully saturated rings. The van der Waals surface area contributed by atoms with Crippen LogP contribution in [0.3, 0.4) is 0 Å². The summed E-state index contributed by atoms with van der Waals surface area (Å²) in [7, 11) is -2.49. The molecule has 0 heterocycles. The number of amides is 1. The van der Waals surface area contributed by atoms with Gasteiger partial charge in [0.15, 0.2) is 0 Å². The number of aryl methyl sites for hydroxylation is 2. The van der Waals surface area contributed by atoms with Crippen LogP contribution in [0.2, 0.25) is 0 Å². The number of rotatable bonds is 5. The fourth-order valence-electron chi connectivity index (χ4n) is 2.33. The Morgan fingerprint density at radius 2 is 1.71 bits per heavy atom.